The monoisotopic (exact) mass is 214 g/mol. The van der Waals surface area contributed by atoms with E-state index in [4.69, 9.17) is 4.42 Å². The summed E-state index contributed by atoms with van der Waals surface area (Å²) in [7, 11) is 0. The highest BCUT2D eigenvalue weighted by atomic mass is 16.3. The largest absolute Gasteiger partial charge is 0.464 e. The van der Waals surface area contributed by atoms with Crippen molar-refractivity contribution >= 4 is 16.8 Å². The summed E-state index contributed by atoms with van der Waals surface area (Å²) in [5.74, 6) is 0.756. The fourth-order valence-electron chi connectivity index (χ4n) is 2.60. The number of benzene rings is 1. The van der Waals surface area contributed by atoms with Gasteiger partial charge in [0, 0.05) is 23.8 Å². The molecule has 0 amide bonds. The lowest BCUT2D eigenvalue weighted by Crippen LogP contribution is -2.12. The third-order valence-corrected chi connectivity index (χ3v) is 3.43. The topological polar surface area (TPSA) is 30.2 Å². The van der Waals surface area contributed by atoms with E-state index in [1.807, 2.05) is 24.5 Å². The molecular formula is C14H14O2. The van der Waals surface area contributed by atoms with Gasteiger partial charge in [-0.15, -0.1) is 0 Å². The first-order valence-corrected chi connectivity index (χ1v) is 5.82. The van der Waals surface area contributed by atoms with E-state index in [0.717, 1.165) is 24.8 Å². The quantitative estimate of drug-likeness (QED) is 0.725. The molecule has 0 aliphatic heterocycles. The molecule has 2 nitrogen and oxygen atoms in total. The number of rotatable bonds is 1. The fourth-order valence-corrected chi connectivity index (χ4v) is 2.60. The number of Topliss-reactive ketones (excluding diaryl/α,β-unsaturated/α-hetero) is 1. The zero-order chi connectivity index (χ0) is 11.0. The number of furan rings is 1. The molecule has 0 radical (unpaired) electrons. The van der Waals surface area contributed by atoms with Crippen LogP contribution in [0.3, 0.4) is 0 Å². The number of hydrogen-bond donors (Lipinski definition) is 0. The van der Waals surface area contributed by atoms with E-state index in [1.165, 1.54) is 10.9 Å². The maximum atomic E-state index is 11.5. The van der Waals surface area contributed by atoms with Crippen molar-refractivity contribution in [3.63, 3.8) is 0 Å². The van der Waals surface area contributed by atoms with Gasteiger partial charge in [-0.05, 0) is 24.8 Å². The van der Waals surface area contributed by atoms with Crippen molar-refractivity contribution in [3.8, 4) is 0 Å². The van der Waals surface area contributed by atoms with Crippen LogP contribution in [-0.2, 0) is 4.79 Å². The summed E-state index contributed by atoms with van der Waals surface area (Å²) in [6.07, 6.45) is 5.39. The molecule has 0 saturated heterocycles. The minimum atomic E-state index is 0.366. The Morgan fingerprint density at radius 1 is 1.25 bits per heavy atom. The lowest BCUT2D eigenvalue weighted by molar-refractivity contribution is -0.120. The summed E-state index contributed by atoms with van der Waals surface area (Å²) in [6, 6.07) is 8.05. The summed E-state index contributed by atoms with van der Waals surface area (Å²) in [4.78, 5) is 11.5. The molecule has 1 saturated carbocycles. The van der Waals surface area contributed by atoms with Crippen molar-refractivity contribution in [1.29, 1.82) is 0 Å². The van der Waals surface area contributed by atoms with Gasteiger partial charge in [0.15, 0.2) is 0 Å². The molecule has 1 aromatic heterocycles. The molecule has 1 unspecified atom stereocenters. The Hall–Kier alpha value is -1.57. The fraction of sp³-hybridized carbons (Fsp3) is 0.357. The molecular weight excluding hydrogens is 200 g/mol. The minimum Gasteiger partial charge on any atom is -0.464 e. The molecule has 16 heavy (non-hydrogen) atoms. The number of para-hydroxylation sites is 1. The van der Waals surface area contributed by atoms with Crippen LogP contribution in [0, 0.1) is 0 Å². The Morgan fingerprint density at radius 2 is 2.12 bits per heavy atom. The molecule has 1 fully saturated rings. The average molecular weight is 214 g/mol. The first-order chi connectivity index (χ1) is 7.84. The predicted molar refractivity (Wildman–Crippen MR) is 62.4 cm³/mol. The van der Waals surface area contributed by atoms with Crippen LogP contribution in [0.5, 0.6) is 0 Å². The maximum absolute atomic E-state index is 11.5. The van der Waals surface area contributed by atoms with Crippen LogP contribution >= 0.6 is 0 Å². The lowest BCUT2D eigenvalue weighted by atomic mass is 9.83. The number of fused-ring (bicyclic) bond motifs is 1. The molecule has 3 rings (SSSR count). The molecule has 1 heterocycles. The maximum Gasteiger partial charge on any atom is 0.134 e. The second-order valence-corrected chi connectivity index (χ2v) is 4.52. The van der Waals surface area contributed by atoms with Crippen molar-refractivity contribution in [2.45, 2.75) is 31.6 Å². The van der Waals surface area contributed by atoms with E-state index in [-0.39, 0.29) is 0 Å². The smallest absolute Gasteiger partial charge is 0.134 e. The van der Waals surface area contributed by atoms with Crippen molar-refractivity contribution in [3.05, 3.63) is 36.1 Å². The van der Waals surface area contributed by atoms with Crippen LogP contribution in [0.4, 0.5) is 0 Å². The zero-order valence-corrected chi connectivity index (χ0v) is 9.11. The number of carbonyl (C=O) groups is 1. The SMILES string of the molecule is O=C1CCCC(c2coc3ccccc23)C1. The minimum absolute atomic E-state index is 0.366. The van der Waals surface area contributed by atoms with E-state index < -0.39 is 0 Å². The second-order valence-electron chi connectivity index (χ2n) is 4.52. The molecule has 0 spiro atoms. The predicted octanol–water partition coefficient (Wildman–Crippen LogP) is 3.66. The third-order valence-electron chi connectivity index (χ3n) is 3.43. The average Bonchev–Trinajstić information content (AvgIpc) is 2.72. The van der Waals surface area contributed by atoms with Gasteiger partial charge in [-0.3, -0.25) is 4.79 Å². The van der Waals surface area contributed by atoms with Crippen LogP contribution in [0.15, 0.2) is 34.9 Å². The van der Waals surface area contributed by atoms with Gasteiger partial charge in [-0.25, -0.2) is 0 Å². The Bertz CT molecular complexity index is 524. The molecule has 1 atom stereocenters. The summed E-state index contributed by atoms with van der Waals surface area (Å²) in [6.45, 7) is 0. The molecule has 0 bridgehead atoms. The van der Waals surface area contributed by atoms with Gasteiger partial charge in [0.2, 0.25) is 0 Å². The zero-order valence-electron chi connectivity index (χ0n) is 9.11. The van der Waals surface area contributed by atoms with Crippen LogP contribution in [-0.4, -0.2) is 5.78 Å². The number of carbonyl (C=O) groups excluding carboxylic acids is 1. The molecule has 2 aromatic rings. The van der Waals surface area contributed by atoms with E-state index in [0.29, 0.717) is 18.1 Å². The van der Waals surface area contributed by atoms with Crippen LogP contribution < -0.4 is 0 Å². The Balaban J connectivity index is 2.02. The Kier molecular flexibility index (Phi) is 2.28. The van der Waals surface area contributed by atoms with Crippen LogP contribution in [0.2, 0.25) is 0 Å². The van der Waals surface area contributed by atoms with Crippen LogP contribution in [0.25, 0.3) is 11.0 Å². The molecule has 2 heteroatoms. The number of ketones is 1. The third kappa shape index (κ3) is 1.54. The van der Waals surface area contributed by atoms with Gasteiger partial charge in [0.1, 0.15) is 11.4 Å². The summed E-state index contributed by atoms with van der Waals surface area (Å²) < 4.78 is 5.53. The summed E-state index contributed by atoms with van der Waals surface area (Å²) in [5.41, 5.74) is 2.14. The summed E-state index contributed by atoms with van der Waals surface area (Å²) in [5, 5.41) is 1.17. The molecule has 1 aliphatic carbocycles. The molecule has 1 aromatic carbocycles. The second kappa shape index (κ2) is 3.78. The first kappa shape index (κ1) is 9.64. The van der Waals surface area contributed by atoms with Gasteiger partial charge in [-0.2, -0.15) is 0 Å². The van der Waals surface area contributed by atoms with Crippen molar-refractivity contribution in [2.24, 2.45) is 0 Å². The van der Waals surface area contributed by atoms with Gasteiger partial charge in [-0.1, -0.05) is 18.2 Å². The van der Waals surface area contributed by atoms with Crippen molar-refractivity contribution in [1.82, 2.24) is 0 Å². The standard InChI is InChI=1S/C14H14O2/c15-11-5-3-4-10(8-11)13-9-16-14-7-2-1-6-12(13)14/h1-2,6-7,9-10H,3-5,8H2. The molecule has 0 N–H and O–H groups in total. The highest BCUT2D eigenvalue weighted by Crippen LogP contribution is 2.35. The van der Waals surface area contributed by atoms with E-state index >= 15 is 0 Å². The highest BCUT2D eigenvalue weighted by molar-refractivity contribution is 5.84. The van der Waals surface area contributed by atoms with E-state index in [1.54, 1.807) is 0 Å². The molecule has 82 valence electrons. The van der Waals surface area contributed by atoms with E-state index in [2.05, 4.69) is 6.07 Å². The van der Waals surface area contributed by atoms with Crippen molar-refractivity contribution < 1.29 is 9.21 Å². The molecule has 1 aliphatic rings. The normalized spacial score (nSPS) is 21.5. The lowest BCUT2D eigenvalue weighted by Gasteiger charge is -2.19. The first-order valence-electron chi connectivity index (χ1n) is 5.82. The van der Waals surface area contributed by atoms with E-state index in [9.17, 15) is 4.79 Å². The van der Waals surface area contributed by atoms with Gasteiger partial charge < -0.3 is 4.42 Å². The van der Waals surface area contributed by atoms with Crippen molar-refractivity contribution in [2.75, 3.05) is 0 Å². The summed E-state index contributed by atoms with van der Waals surface area (Å²) >= 11 is 0. The Labute approximate surface area is 94.3 Å². The number of hydrogen-bond acceptors (Lipinski definition) is 2. The highest BCUT2D eigenvalue weighted by Gasteiger charge is 2.23. The van der Waals surface area contributed by atoms with Gasteiger partial charge in [0.05, 0.1) is 6.26 Å². The van der Waals surface area contributed by atoms with Gasteiger partial charge >= 0.3 is 0 Å². The van der Waals surface area contributed by atoms with Gasteiger partial charge in [0.25, 0.3) is 0 Å². The Morgan fingerprint density at radius 3 is 3.00 bits per heavy atom. The van der Waals surface area contributed by atoms with Crippen LogP contribution in [0.1, 0.15) is 37.2 Å².